The summed E-state index contributed by atoms with van der Waals surface area (Å²) in [6.07, 6.45) is 2.42. The summed E-state index contributed by atoms with van der Waals surface area (Å²) in [4.78, 5) is 15.8. The van der Waals surface area contributed by atoms with Crippen molar-refractivity contribution in [3.8, 4) is 0 Å². The van der Waals surface area contributed by atoms with Crippen LogP contribution in [0.2, 0.25) is 0 Å². The lowest BCUT2D eigenvalue weighted by Gasteiger charge is -2.19. The van der Waals surface area contributed by atoms with E-state index in [9.17, 15) is 13.2 Å². The highest BCUT2D eigenvalue weighted by Gasteiger charge is 2.30. The number of hydrogen-bond acceptors (Lipinski definition) is 5. The smallest absolute Gasteiger partial charge is 0.407 e. The molecule has 0 saturated carbocycles. The fourth-order valence-electron chi connectivity index (χ4n) is 2.54. The molecule has 2 aromatic rings. The van der Waals surface area contributed by atoms with Crippen LogP contribution in [-0.2, 0) is 14.6 Å². The van der Waals surface area contributed by atoms with Crippen LogP contribution in [0.25, 0.3) is 0 Å². The fraction of sp³-hybridized carbons (Fsp3) is 0.368. The van der Waals surface area contributed by atoms with E-state index in [-0.39, 0.29) is 18.0 Å². The molecule has 26 heavy (non-hydrogen) atoms. The fourth-order valence-corrected chi connectivity index (χ4v) is 4.18. The van der Waals surface area contributed by atoms with Crippen molar-refractivity contribution in [1.82, 2.24) is 10.3 Å². The Kier molecular flexibility index (Phi) is 6.74. The van der Waals surface area contributed by atoms with Gasteiger partial charge in [0, 0.05) is 18.9 Å². The first kappa shape index (κ1) is 19.9. The van der Waals surface area contributed by atoms with E-state index in [2.05, 4.69) is 10.3 Å². The van der Waals surface area contributed by atoms with Gasteiger partial charge in [-0.15, -0.1) is 0 Å². The van der Waals surface area contributed by atoms with Gasteiger partial charge in [0.2, 0.25) is 0 Å². The number of rotatable bonds is 7. The van der Waals surface area contributed by atoms with E-state index in [1.54, 1.807) is 37.4 Å². The average Bonchev–Trinajstić information content (AvgIpc) is 2.63. The molecule has 0 saturated heterocycles. The van der Waals surface area contributed by atoms with Gasteiger partial charge in [0.15, 0.2) is 9.84 Å². The van der Waals surface area contributed by atoms with Crippen molar-refractivity contribution in [2.75, 3.05) is 13.2 Å². The summed E-state index contributed by atoms with van der Waals surface area (Å²) in [7, 11) is -3.72. The van der Waals surface area contributed by atoms with Crippen LogP contribution in [0.5, 0.6) is 0 Å². The predicted molar refractivity (Wildman–Crippen MR) is 99.7 cm³/mol. The molecule has 1 unspecified atom stereocenters. The summed E-state index contributed by atoms with van der Waals surface area (Å²) in [6.45, 7) is 5.90. The molecule has 0 fully saturated rings. The predicted octanol–water partition coefficient (Wildman–Crippen LogP) is 3.47. The van der Waals surface area contributed by atoms with Gasteiger partial charge in [-0.25, -0.2) is 13.2 Å². The van der Waals surface area contributed by atoms with Crippen LogP contribution in [0.3, 0.4) is 0 Å². The Hall–Kier alpha value is -2.41. The first-order valence-corrected chi connectivity index (χ1v) is 10.0. The molecule has 1 amide bonds. The number of amides is 1. The van der Waals surface area contributed by atoms with Crippen molar-refractivity contribution in [1.29, 1.82) is 0 Å². The summed E-state index contributed by atoms with van der Waals surface area (Å²) in [5.74, 6) is 0.311. The number of benzene rings is 1. The zero-order valence-electron chi connectivity index (χ0n) is 15.2. The molecule has 1 heterocycles. The van der Waals surface area contributed by atoms with Crippen molar-refractivity contribution >= 4 is 15.9 Å². The zero-order chi connectivity index (χ0) is 19.2. The van der Waals surface area contributed by atoms with E-state index >= 15 is 0 Å². The normalized spacial score (nSPS) is 12.6. The molecular weight excluding hydrogens is 352 g/mol. The average molecular weight is 376 g/mol. The maximum atomic E-state index is 13.2. The highest BCUT2D eigenvalue weighted by Crippen LogP contribution is 2.29. The first-order valence-electron chi connectivity index (χ1n) is 8.50. The lowest BCUT2D eigenvalue weighted by atomic mass is 10.0. The number of nitrogens with one attached hydrogen (secondary N) is 1. The van der Waals surface area contributed by atoms with Gasteiger partial charge in [0.05, 0.1) is 11.5 Å². The van der Waals surface area contributed by atoms with Crippen molar-refractivity contribution in [2.45, 2.75) is 36.8 Å². The van der Waals surface area contributed by atoms with E-state index in [0.29, 0.717) is 11.5 Å². The molecule has 6 nitrogen and oxygen atoms in total. The maximum absolute atomic E-state index is 13.2. The maximum Gasteiger partial charge on any atom is 0.407 e. The van der Waals surface area contributed by atoms with Gasteiger partial charge >= 0.3 is 6.09 Å². The van der Waals surface area contributed by atoms with Gasteiger partial charge in [-0.1, -0.05) is 32.0 Å². The highest BCUT2D eigenvalue weighted by atomic mass is 32.2. The van der Waals surface area contributed by atoms with Crippen molar-refractivity contribution < 1.29 is 17.9 Å². The number of pyridine rings is 1. The lowest BCUT2D eigenvalue weighted by molar-refractivity contribution is 0.152. The molecule has 0 aliphatic carbocycles. The molecule has 1 aromatic carbocycles. The highest BCUT2D eigenvalue weighted by molar-refractivity contribution is 7.91. The van der Waals surface area contributed by atoms with Gasteiger partial charge in [-0.05, 0) is 42.2 Å². The van der Waals surface area contributed by atoms with Gasteiger partial charge in [0.1, 0.15) is 5.25 Å². The summed E-state index contributed by atoms with van der Waals surface area (Å²) in [5, 5.41) is 1.57. The van der Waals surface area contributed by atoms with Gasteiger partial charge in [0.25, 0.3) is 0 Å². The zero-order valence-corrected chi connectivity index (χ0v) is 16.0. The minimum Gasteiger partial charge on any atom is -0.450 e. The van der Waals surface area contributed by atoms with Gasteiger partial charge < -0.3 is 10.1 Å². The largest absolute Gasteiger partial charge is 0.450 e. The van der Waals surface area contributed by atoms with Crippen LogP contribution in [0.1, 0.15) is 43.1 Å². The molecule has 140 valence electrons. The Morgan fingerprint density at radius 2 is 1.85 bits per heavy atom. The summed E-state index contributed by atoms with van der Waals surface area (Å²) >= 11 is 0. The van der Waals surface area contributed by atoms with Crippen LogP contribution in [0, 0.1) is 0 Å². The third-order valence-corrected chi connectivity index (χ3v) is 6.13. The molecule has 0 aliphatic heterocycles. The van der Waals surface area contributed by atoms with Crippen LogP contribution in [0.15, 0.2) is 53.7 Å². The number of ether oxygens (including phenoxy) is 1. The summed E-state index contributed by atoms with van der Waals surface area (Å²) in [6, 6.07) is 10.2. The number of sulfone groups is 1. The van der Waals surface area contributed by atoms with Crippen LogP contribution in [-0.4, -0.2) is 32.6 Å². The summed E-state index contributed by atoms with van der Waals surface area (Å²) in [5.41, 5.74) is 1.57. The number of aromatic nitrogens is 1. The molecule has 0 radical (unpaired) electrons. The van der Waals surface area contributed by atoms with Gasteiger partial charge in [-0.2, -0.15) is 0 Å². The number of carbonyl (C=O) groups excluding carboxylic acids is 1. The minimum atomic E-state index is -3.72. The van der Waals surface area contributed by atoms with Crippen LogP contribution >= 0.6 is 0 Å². The standard InChI is InChI=1S/C19H24N2O4S/c1-4-25-19(22)21-13-18(16-6-5-11-20-12-16)26(23,24)17-9-7-15(8-10-17)14(2)3/h5-12,14,18H,4,13H2,1-3H3,(H,21,22). The number of carbonyl (C=O) groups is 1. The molecule has 1 atom stereocenters. The second-order valence-electron chi connectivity index (χ2n) is 6.15. The summed E-state index contributed by atoms with van der Waals surface area (Å²) < 4.78 is 31.2. The Morgan fingerprint density at radius 3 is 2.38 bits per heavy atom. The quantitative estimate of drug-likeness (QED) is 0.800. The van der Waals surface area contributed by atoms with Crippen LogP contribution in [0.4, 0.5) is 4.79 Å². The molecule has 0 aliphatic rings. The van der Waals surface area contributed by atoms with Crippen molar-refractivity contribution in [3.63, 3.8) is 0 Å². The Bertz CT molecular complexity index is 818. The number of hydrogen-bond donors (Lipinski definition) is 1. The third-order valence-electron chi connectivity index (χ3n) is 4.01. The van der Waals surface area contributed by atoms with E-state index in [0.717, 1.165) is 5.56 Å². The van der Waals surface area contributed by atoms with E-state index in [1.165, 1.54) is 6.20 Å². The molecule has 1 N–H and O–H groups in total. The second-order valence-corrected chi connectivity index (χ2v) is 8.28. The number of alkyl carbamates (subject to hydrolysis) is 1. The van der Waals surface area contributed by atoms with E-state index < -0.39 is 21.2 Å². The van der Waals surface area contributed by atoms with Crippen molar-refractivity contribution in [2.24, 2.45) is 0 Å². The molecular formula is C19H24N2O4S. The Morgan fingerprint density at radius 1 is 1.15 bits per heavy atom. The monoisotopic (exact) mass is 376 g/mol. The molecule has 7 heteroatoms. The van der Waals surface area contributed by atoms with E-state index in [4.69, 9.17) is 4.74 Å². The molecule has 2 rings (SSSR count). The first-order chi connectivity index (χ1) is 12.4. The lowest BCUT2D eigenvalue weighted by Crippen LogP contribution is -2.32. The third kappa shape index (κ3) is 4.82. The molecule has 0 spiro atoms. The number of nitrogens with zero attached hydrogens (tertiary/aromatic N) is 1. The second kappa shape index (κ2) is 8.80. The topological polar surface area (TPSA) is 85.4 Å². The Balaban J connectivity index is 2.34. The molecule has 0 bridgehead atoms. The van der Waals surface area contributed by atoms with E-state index in [1.807, 2.05) is 26.0 Å². The van der Waals surface area contributed by atoms with Crippen molar-refractivity contribution in [3.05, 3.63) is 59.9 Å². The van der Waals surface area contributed by atoms with Crippen LogP contribution < -0.4 is 5.32 Å². The SMILES string of the molecule is CCOC(=O)NCC(c1cccnc1)S(=O)(=O)c1ccc(C(C)C)cc1. The Labute approximate surface area is 154 Å². The minimum absolute atomic E-state index is 0.0984. The molecule has 1 aromatic heterocycles. The van der Waals surface area contributed by atoms with Gasteiger partial charge in [-0.3, -0.25) is 4.98 Å².